The van der Waals surface area contributed by atoms with E-state index < -0.39 is 43.5 Å². The lowest BCUT2D eigenvalue weighted by molar-refractivity contribution is -0.386. The number of phenols is 3. The second kappa shape index (κ2) is 9.27. The van der Waals surface area contributed by atoms with Crippen LogP contribution in [0.15, 0.2) is 12.1 Å². The summed E-state index contributed by atoms with van der Waals surface area (Å²) in [7, 11) is 1.16. The van der Waals surface area contributed by atoms with Crippen LogP contribution in [0.4, 0.5) is 11.4 Å². The van der Waals surface area contributed by atoms with E-state index in [0.29, 0.717) is 0 Å². The number of nitriles is 2. The van der Waals surface area contributed by atoms with Gasteiger partial charge in [-0.25, -0.2) is 0 Å². The fourth-order valence-corrected chi connectivity index (χ4v) is 2.24. The van der Waals surface area contributed by atoms with E-state index in [4.69, 9.17) is 43.9 Å². The van der Waals surface area contributed by atoms with Crippen molar-refractivity contribution in [2.24, 2.45) is 0 Å². The largest absolute Gasteiger partial charge is 0.503 e. The number of benzene rings is 2. The third kappa shape index (κ3) is 4.65. The van der Waals surface area contributed by atoms with Crippen molar-refractivity contribution in [2.45, 2.75) is 0 Å². The number of ether oxygens (including phenoxy) is 1. The van der Waals surface area contributed by atoms with E-state index in [-0.39, 0.29) is 21.9 Å². The van der Waals surface area contributed by atoms with E-state index in [0.717, 1.165) is 19.2 Å². The first-order chi connectivity index (χ1) is 13.5. The van der Waals surface area contributed by atoms with Gasteiger partial charge in [0.1, 0.15) is 22.2 Å². The molecule has 0 aliphatic heterocycles. The number of aromatic hydroxyl groups is 3. The molecule has 0 unspecified atom stereocenters. The van der Waals surface area contributed by atoms with Crippen molar-refractivity contribution in [3.63, 3.8) is 0 Å². The molecule has 0 aromatic heterocycles. The Morgan fingerprint density at radius 1 is 0.897 bits per heavy atom. The predicted molar refractivity (Wildman–Crippen MR) is 97.2 cm³/mol. The summed E-state index contributed by atoms with van der Waals surface area (Å²) < 4.78 is 4.63. The third-order valence-corrected chi connectivity index (χ3v) is 3.97. The molecule has 29 heavy (non-hydrogen) atoms. The maximum Gasteiger partial charge on any atom is 0.316 e. The Kier molecular flexibility index (Phi) is 7.37. The fourth-order valence-electron chi connectivity index (χ4n) is 1.87. The Hall–Kier alpha value is -4.00. The number of methoxy groups -OCH3 is 1. The van der Waals surface area contributed by atoms with Gasteiger partial charge >= 0.3 is 11.4 Å². The summed E-state index contributed by atoms with van der Waals surface area (Å²) in [6, 6.07) is 4.92. The van der Waals surface area contributed by atoms with Gasteiger partial charge in [-0.2, -0.15) is 10.5 Å². The van der Waals surface area contributed by atoms with Gasteiger partial charge in [0.2, 0.25) is 11.5 Å². The molecule has 0 aliphatic rings. The Labute approximate surface area is 171 Å². The van der Waals surface area contributed by atoms with Crippen LogP contribution in [-0.2, 0) is 0 Å². The monoisotopic (exact) mass is 442 g/mol. The summed E-state index contributed by atoms with van der Waals surface area (Å²) in [6.45, 7) is 0. The van der Waals surface area contributed by atoms with Gasteiger partial charge < -0.3 is 20.1 Å². The lowest BCUT2D eigenvalue weighted by atomic mass is 10.2. The molecule has 2 rings (SSSR count). The number of nitro benzene ring substituents is 2. The molecule has 0 atom stereocenters. The first-order valence-electron chi connectivity index (χ1n) is 6.94. The maximum absolute atomic E-state index is 10.6. The molecular weight excluding hydrogens is 435 g/mol. The van der Waals surface area contributed by atoms with Crippen molar-refractivity contribution in [1.82, 2.24) is 0 Å². The summed E-state index contributed by atoms with van der Waals surface area (Å²) in [5.41, 5.74) is -1.71. The first kappa shape index (κ1) is 23.0. The number of hydrogen-bond acceptors (Lipinski definition) is 10. The molecule has 0 radical (unpaired) electrons. The first-order valence-corrected chi connectivity index (χ1v) is 7.70. The molecule has 0 spiro atoms. The van der Waals surface area contributed by atoms with Crippen molar-refractivity contribution in [1.29, 1.82) is 10.5 Å². The minimum Gasteiger partial charge on any atom is -0.503 e. The van der Waals surface area contributed by atoms with Gasteiger partial charge in [0.15, 0.2) is 11.5 Å². The van der Waals surface area contributed by atoms with Crippen LogP contribution in [0.3, 0.4) is 0 Å². The zero-order valence-electron chi connectivity index (χ0n) is 14.1. The molecule has 2 aromatic carbocycles. The molecule has 12 nitrogen and oxygen atoms in total. The second-order valence-corrected chi connectivity index (χ2v) is 5.59. The highest BCUT2D eigenvalue weighted by Crippen LogP contribution is 2.43. The third-order valence-electron chi connectivity index (χ3n) is 3.20. The Morgan fingerprint density at radius 2 is 1.31 bits per heavy atom. The Bertz CT molecular complexity index is 1090. The van der Waals surface area contributed by atoms with E-state index in [1.807, 2.05) is 0 Å². The highest BCUT2D eigenvalue weighted by Gasteiger charge is 2.25. The Morgan fingerprint density at radius 3 is 1.69 bits per heavy atom. The molecule has 14 heteroatoms. The van der Waals surface area contributed by atoms with Crippen molar-refractivity contribution >= 4 is 34.6 Å². The molecule has 0 bridgehead atoms. The molecule has 0 saturated heterocycles. The summed E-state index contributed by atoms with van der Waals surface area (Å²) >= 11 is 11.0. The summed E-state index contributed by atoms with van der Waals surface area (Å²) in [4.78, 5) is 19.2. The fraction of sp³-hybridized carbons (Fsp3) is 0.0667. The number of nitro groups is 2. The van der Waals surface area contributed by atoms with Gasteiger partial charge in [-0.05, 0) is 0 Å². The molecule has 0 aliphatic carbocycles. The molecule has 0 heterocycles. The minimum absolute atomic E-state index is 0.179. The van der Waals surface area contributed by atoms with Gasteiger partial charge in [-0.3, -0.25) is 20.2 Å². The second-order valence-electron chi connectivity index (χ2n) is 4.83. The maximum atomic E-state index is 10.6. The smallest absolute Gasteiger partial charge is 0.316 e. The van der Waals surface area contributed by atoms with E-state index in [9.17, 15) is 25.3 Å². The molecule has 0 amide bonds. The molecule has 2 aromatic rings. The number of halogens is 2. The molecular formula is C15H8Cl2N4O8. The van der Waals surface area contributed by atoms with E-state index >= 15 is 0 Å². The molecule has 150 valence electrons. The van der Waals surface area contributed by atoms with Crippen molar-refractivity contribution in [2.75, 3.05) is 7.11 Å². The van der Waals surface area contributed by atoms with E-state index in [2.05, 4.69) is 4.74 Å². The van der Waals surface area contributed by atoms with Crippen LogP contribution in [0.5, 0.6) is 23.0 Å². The quantitative estimate of drug-likeness (QED) is 0.358. The number of phenolic OH excluding ortho intramolecular Hbond substituents is 3. The lowest BCUT2D eigenvalue weighted by Crippen LogP contribution is -1.96. The van der Waals surface area contributed by atoms with E-state index in [1.165, 1.54) is 0 Å². The minimum atomic E-state index is -0.945. The van der Waals surface area contributed by atoms with Gasteiger partial charge in [0.05, 0.1) is 28.1 Å². The van der Waals surface area contributed by atoms with Gasteiger partial charge in [0, 0.05) is 12.1 Å². The molecule has 0 fully saturated rings. The number of nitrogens with zero attached hydrogens (tertiary/aromatic N) is 4. The van der Waals surface area contributed by atoms with Crippen LogP contribution in [-0.4, -0.2) is 32.3 Å². The zero-order valence-corrected chi connectivity index (χ0v) is 15.6. The zero-order chi connectivity index (χ0) is 22.5. The van der Waals surface area contributed by atoms with E-state index in [1.54, 1.807) is 12.1 Å². The predicted octanol–water partition coefficient (Wildman–Crippen LogP) is 3.37. The van der Waals surface area contributed by atoms with Crippen LogP contribution in [0.2, 0.25) is 10.0 Å². The van der Waals surface area contributed by atoms with Gasteiger partial charge in [-0.15, -0.1) is 0 Å². The van der Waals surface area contributed by atoms with Crippen molar-refractivity contribution < 1.29 is 29.9 Å². The van der Waals surface area contributed by atoms with Crippen LogP contribution >= 0.6 is 23.2 Å². The highest BCUT2D eigenvalue weighted by atomic mass is 35.5. The normalized spacial score (nSPS) is 9.41. The Balaban J connectivity index is 0.000000291. The summed E-state index contributed by atoms with van der Waals surface area (Å²) in [5.74, 6) is -2.77. The lowest BCUT2D eigenvalue weighted by Gasteiger charge is -2.06. The summed E-state index contributed by atoms with van der Waals surface area (Å²) in [5, 5.41) is 65.0. The number of hydrogen-bond donors (Lipinski definition) is 3. The molecule has 3 N–H and O–H groups in total. The van der Waals surface area contributed by atoms with Gasteiger partial charge in [-0.1, -0.05) is 23.2 Å². The van der Waals surface area contributed by atoms with Crippen LogP contribution in [0.25, 0.3) is 0 Å². The van der Waals surface area contributed by atoms with Crippen LogP contribution in [0.1, 0.15) is 11.1 Å². The summed E-state index contributed by atoms with van der Waals surface area (Å²) in [6.07, 6.45) is 0. The van der Waals surface area contributed by atoms with Crippen molar-refractivity contribution in [3.05, 3.63) is 53.5 Å². The van der Waals surface area contributed by atoms with Crippen LogP contribution in [0, 0.1) is 42.9 Å². The topological polar surface area (TPSA) is 204 Å². The molecule has 0 saturated carbocycles. The van der Waals surface area contributed by atoms with Crippen molar-refractivity contribution in [3.8, 4) is 35.1 Å². The average Bonchev–Trinajstić information content (AvgIpc) is 2.68. The van der Waals surface area contributed by atoms with Crippen LogP contribution < -0.4 is 4.74 Å². The number of rotatable bonds is 3. The average molecular weight is 443 g/mol. The SMILES string of the molecule is COc1c([N+](=O)[O-])cc(C#N)c(Cl)c1O.N#Cc1cc([N+](=O)[O-])c(O)c(O)c1Cl. The van der Waals surface area contributed by atoms with Gasteiger partial charge in [0.25, 0.3) is 0 Å². The highest BCUT2D eigenvalue weighted by molar-refractivity contribution is 6.34. The standard InChI is InChI=1S/C8H5ClN2O4.C7H3ClN2O4/c1-15-8-5(11(13)14)2-4(3-10)6(9)7(8)12;8-5-3(2-9)1-4(10(13)14)6(11)7(5)12/h2,12H,1H3;1,11-12H.